The molecule has 0 aromatic heterocycles. The van der Waals surface area contributed by atoms with Gasteiger partial charge in [0.15, 0.2) is 5.96 Å². The van der Waals surface area contributed by atoms with Crippen molar-refractivity contribution < 1.29 is 18.0 Å². The predicted molar refractivity (Wildman–Crippen MR) is 123 cm³/mol. The van der Waals surface area contributed by atoms with E-state index >= 15 is 0 Å². The summed E-state index contributed by atoms with van der Waals surface area (Å²) in [4.78, 5) is 18.3. The van der Waals surface area contributed by atoms with Crippen molar-refractivity contribution in [1.82, 2.24) is 20.9 Å². The molecule has 0 radical (unpaired) electrons. The average molecular weight is 541 g/mol. The Bertz CT molecular complexity index is 717. The van der Waals surface area contributed by atoms with Gasteiger partial charge in [0.25, 0.3) is 0 Å². The van der Waals surface area contributed by atoms with Gasteiger partial charge in [-0.25, -0.2) is 0 Å². The van der Waals surface area contributed by atoms with E-state index in [0.717, 1.165) is 37.2 Å². The molecule has 0 aliphatic carbocycles. The van der Waals surface area contributed by atoms with Gasteiger partial charge in [-0.1, -0.05) is 12.1 Å². The summed E-state index contributed by atoms with van der Waals surface area (Å²) >= 11 is 0. The third-order valence-electron chi connectivity index (χ3n) is 4.46. The molecule has 170 valence electrons. The van der Waals surface area contributed by atoms with Crippen molar-refractivity contribution in [2.45, 2.75) is 51.5 Å². The van der Waals surface area contributed by atoms with Gasteiger partial charge in [-0.15, -0.1) is 24.0 Å². The maximum atomic E-state index is 12.7. The number of rotatable bonds is 5. The normalized spacial score (nSPS) is 18.0. The minimum absolute atomic E-state index is 0. The quantitative estimate of drug-likeness (QED) is 0.305. The first kappa shape index (κ1) is 26.5. The Balaban J connectivity index is 0.00000450. The second-order valence-electron chi connectivity index (χ2n) is 8.28. The fourth-order valence-electron chi connectivity index (χ4n) is 3.17. The summed E-state index contributed by atoms with van der Waals surface area (Å²) in [5.41, 5.74) is -0.0763. The molecule has 30 heavy (non-hydrogen) atoms. The van der Waals surface area contributed by atoms with Gasteiger partial charge in [-0.3, -0.25) is 14.7 Å². The Labute approximate surface area is 193 Å². The van der Waals surface area contributed by atoms with E-state index in [4.69, 9.17) is 0 Å². The zero-order valence-corrected chi connectivity index (χ0v) is 20.1. The first-order chi connectivity index (χ1) is 13.5. The van der Waals surface area contributed by atoms with E-state index in [-0.39, 0.29) is 48.0 Å². The summed E-state index contributed by atoms with van der Waals surface area (Å²) in [7, 11) is 1.64. The molecule has 1 saturated heterocycles. The molecule has 1 aromatic carbocycles. The molecule has 0 saturated carbocycles. The molecule has 1 atom stereocenters. The van der Waals surface area contributed by atoms with Crippen molar-refractivity contribution in [3.05, 3.63) is 35.4 Å². The van der Waals surface area contributed by atoms with E-state index in [1.165, 1.54) is 12.1 Å². The van der Waals surface area contributed by atoms with Crippen molar-refractivity contribution in [3.63, 3.8) is 0 Å². The summed E-state index contributed by atoms with van der Waals surface area (Å²) in [6.07, 6.45) is -3.43. The van der Waals surface area contributed by atoms with E-state index in [2.05, 4.69) is 25.8 Å². The highest BCUT2D eigenvalue weighted by Crippen LogP contribution is 2.29. The number of guanidine groups is 1. The Morgan fingerprint density at radius 3 is 2.37 bits per heavy atom. The number of alkyl halides is 3. The molecule has 10 heteroatoms. The van der Waals surface area contributed by atoms with E-state index in [1.807, 2.05) is 20.8 Å². The lowest BCUT2D eigenvalue weighted by Gasteiger charge is -2.22. The van der Waals surface area contributed by atoms with Gasteiger partial charge in [0.05, 0.1) is 12.1 Å². The van der Waals surface area contributed by atoms with Crippen LogP contribution < -0.4 is 16.0 Å². The summed E-state index contributed by atoms with van der Waals surface area (Å²) < 4.78 is 38.0. The van der Waals surface area contributed by atoms with Crippen LogP contribution in [0.25, 0.3) is 0 Å². The number of hydrogen-bond acceptors (Lipinski definition) is 3. The minimum atomic E-state index is -4.31. The van der Waals surface area contributed by atoms with Crippen molar-refractivity contribution in [1.29, 1.82) is 0 Å². The van der Waals surface area contributed by atoms with Gasteiger partial charge in [-0.2, -0.15) is 13.2 Å². The fourth-order valence-corrected chi connectivity index (χ4v) is 3.17. The number of benzene rings is 1. The van der Waals surface area contributed by atoms with Gasteiger partial charge in [-0.05, 0) is 44.9 Å². The van der Waals surface area contributed by atoms with Crippen LogP contribution >= 0.6 is 24.0 Å². The molecule has 1 amide bonds. The summed E-state index contributed by atoms with van der Waals surface area (Å²) in [5.74, 6) is 0.436. The van der Waals surface area contributed by atoms with E-state index in [0.29, 0.717) is 12.5 Å². The smallest absolute Gasteiger partial charge is 0.352 e. The highest BCUT2D eigenvalue weighted by atomic mass is 127. The number of hydrogen-bond donors (Lipinski definition) is 3. The van der Waals surface area contributed by atoms with E-state index < -0.39 is 11.7 Å². The van der Waals surface area contributed by atoms with Crippen molar-refractivity contribution >= 4 is 35.8 Å². The maximum Gasteiger partial charge on any atom is 0.416 e. The van der Waals surface area contributed by atoms with Crippen LogP contribution in [0, 0.1) is 0 Å². The number of nitrogens with zero attached hydrogens (tertiary/aromatic N) is 2. The van der Waals surface area contributed by atoms with Gasteiger partial charge < -0.3 is 16.0 Å². The molecular weight excluding hydrogens is 510 g/mol. The topological polar surface area (TPSA) is 68.8 Å². The molecule has 0 bridgehead atoms. The zero-order chi connectivity index (χ0) is 21.7. The van der Waals surface area contributed by atoms with Crippen LogP contribution in [0.5, 0.6) is 0 Å². The van der Waals surface area contributed by atoms with Crippen LogP contribution in [0.3, 0.4) is 0 Å². The van der Waals surface area contributed by atoms with Gasteiger partial charge in [0.2, 0.25) is 5.91 Å². The minimum Gasteiger partial charge on any atom is -0.352 e. The lowest BCUT2D eigenvalue weighted by Crippen LogP contribution is -2.50. The number of aliphatic imine (C=N–C) groups is 1. The number of likely N-dealkylation sites (tertiary alicyclic amines) is 1. The predicted octanol–water partition coefficient (Wildman–Crippen LogP) is 2.98. The highest BCUT2D eigenvalue weighted by Gasteiger charge is 2.30. The summed E-state index contributed by atoms with van der Waals surface area (Å²) in [6, 6.07) is 5.45. The Hall–Kier alpha value is -1.56. The first-order valence-electron chi connectivity index (χ1n) is 9.63. The standard InChI is InChI=1S/C20H30F3N5O.HI/c1-19(2,3)27-17(29)11-25-18(24-4)26-16-9-10-28(13-16)12-14-5-7-15(8-6-14)20(21,22)23;/h5-8,16H,9-13H2,1-4H3,(H,27,29)(H2,24,25,26);1H. The van der Waals surface area contributed by atoms with E-state index in [9.17, 15) is 18.0 Å². The number of carbonyl (C=O) groups excluding carboxylic acids is 1. The second kappa shape index (κ2) is 11.2. The molecule has 1 heterocycles. The molecule has 1 unspecified atom stereocenters. The third-order valence-corrected chi connectivity index (χ3v) is 4.46. The monoisotopic (exact) mass is 541 g/mol. The number of halogens is 4. The van der Waals surface area contributed by atoms with Gasteiger partial charge in [0.1, 0.15) is 0 Å². The van der Waals surface area contributed by atoms with Crippen molar-refractivity contribution in [2.24, 2.45) is 4.99 Å². The largest absolute Gasteiger partial charge is 0.416 e. The molecule has 0 spiro atoms. The first-order valence-corrected chi connectivity index (χ1v) is 9.63. The molecule has 2 rings (SSSR count). The fraction of sp³-hybridized carbons (Fsp3) is 0.600. The summed E-state index contributed by atoms with van der Waals surface area (Å²) in [6.45, 7) is 8.05. The number of carbonyl (C=O) groups is 1. The molecule has 1 fully saturated rings. The molecule has 1 aromatic rings. The van der Waals surface area contributed by atoms with Crippen LogP contribution in [0.4, 0.5) is 13.2 Å². The molecule has 1 aliphatic rings. The Morgan fingerprint density at radius 2 is 1.83 bits per heavy atom. The Kier molecular flexibility index (Phi) is 9.86. The van der Waals surface area contributed by atoms with Crippen LogP contribution in [0.15, 0.2) is 29.3 Å². The second-order valence-corrected chi connectivity index (χ2v) is 8.28. The Morgan fingerprint density at radius 1 is 1.20 bits per heavy atom. The number of nitrogens with one attached hydrogen (secondary N) is 3. The van der Waals surface area contributed by atoms with Crippen LogP contribution in [0.2, 0.25) is 0 Å². The van der Waals surface area contributed by atoms with Crippen LogP contribution in [0.1, 0.15) is 38.3 Å². The van der Waals surface area contributed by atoms with Gasteiger partial charge >= 0.3 is 6.18 Å². The lowest BCUT2D eigenvalue weighted by atomic mass is 10.1. The summed E-state index contributed by atoms with van der Waals surface area (Å²) in [5, 5.41) is 9.18. The lowest BCUT2D eigenvalue weighted by molar-refractivity contribution is -0.137. The molecule has 6 nitrogen and oxygen atoms in total. The highest BCUT2D eigenvalue weighted by molar-refractivity contribution is 14.0. The van der Waals surface area contributed by atoms with Crippen molar-refractivity contribution in [3.8, 4) is 0 Å². The van der Waals surface area contributed by atoms with Gasteiger partial charge in [0, 0.05) is 38.3 Å². The van der Waals surface area contributed by atoms with Crippen LogP contribution in [-0.2, 0) is 17.5 Å². The molecular formula is C20H31F3IN5O. The molecule has 3 N–H and O–H groups in total. The average Bonchev–Trinajstić information content (AvgIpc) is 3.03. The maximum absolute atomic E-state index is 12.7. The van der Waals surface area contributed by atoms with E-state index in [1.54, 1.807) is 7.05 Å². The van der Waals surface area contributed by atoms with Crippen molar-refractivity contribution in [2.75, 3.05) is 26.7 Å². The molecule has 1 aliphatic heterocycles. The SMILES string of the molecule is CN=C(NCC(=O)NC(C)(C)C)NC1CCN(Cc2ccc(C(F)(F)F)cc2)C1.I. The zero-order valence-electron chi connectivity index (χ0n) is 17.8. The number of amides is 1. The third kappa shape index (κ3) is 9.07. The van der Waals surface area contributed by atoms with Crippen LogP contribution in [-0.4, -0.2) is 55.0 Å².